The molecule has 1 fully saturated rings. The van der Waals surface area contributed by atoms with Crippen LogP contribution in [-0.4, -0.2) is 43.8 Å². The van der Waals surface area contributed by atoms with Crippen LogP contribution in [0.4, 0.5) is 13.2 Å². The molecule has 7 nitrogen and oxygen atoms in total. The molecule has 10 heteroatoms. The Balaban J connectivity index is 1.71. The fourth-order valence-corrected chi connectivity index (χ4v) is 4.05. The number of pyridine rings is 1. The smallest absolute Gasteiger partial charge is 0.338 e. The SMILES string of the molecule is Cc1c(C(=O)N2CCCC(c3noc4nc(C(C)C)cc(C(F)(F)F)c34)C2)cnn1C. The number of hydrogen-bond acceptors (Lipinski definition) is 5. The minimum Gasteiger partial charge on any atom is -0.338 e. The largest absolute Gasteiger partial charge is 0.417 e. The van der Waals surface area contributed by atoms with Crippen LogP contribution in [0.25, 0.3) is 11.1 Å². The first kappa shape index (κ1) is 21.3. The van der Waals surface area contributed by atoms with E-state index in [9.17, 15) is 18.0 Å². The lowest BCUT2D eigenvalue weighted by atomic mass is 9.91. The van der Waals surface area contributed by atoms with Gasteiger partial charge in [-0.25, -0.2) is 4.98 Å². The first-order valence-corrected chi connectivity index (χ1v) is 10.2. The molecule has 1 aliphatic heterocycles. The van der Waals surface area contributed by atoms with Crippen molar-refractivity contribution in [2.24, 2.45) is 7.05 Å². The van der Waals surface area contributed by atoms with E-state index in [0.29, 0.717) is 30.6 Å². The van der Waals surface area contributed by atoms with Crippen LogP contribution >= 0.6 is 0 Å². The molecule has 31 heavy (non-hydrogen) atoms. The second-order valence-corrected chi connectivity index (χ2v) is 8.35. The van der Waals surface area contributed by atoms with Crippen molar-refractivity contribution >= 4 is 17.0 Å². The summed E-state index contributed by atoms with van der Waals surface area (Å²) in [4.78, 5) is 18.9. The summed E-state index contributed by atoms with van der Waals surface area (Å²) in [6.45, 7) is 6.15. The average Bonchev–Trinajstić information content (AvgIpc) is 3.29. The van der Waals surface area contributed by atoms with Crippen LogP contribution in [0.2, 0.25) is 0 Å². The molecule has 3 aromatic rings. The fourth-order valence-electron chi connectivity index (χ4n) is 4.05. The first-order chi connectivity index (χ1) is 14.6. The Morgan fingerprint density at radius 2 is 2.06 bits per heavy atom. The van der Waals surface area contributed by atoms with Gasteiger partial charge in [0, 0.05) is 37.4 Å². The zero-order valence-electron chi connectivity index (χ0n) is 17.8. The number of carbonyl (C=O) groups excluding carboxylic acids is 1. The zero-order chi connectivity index (χ0) is 22.5. The van der Waals surface area contributed by atoms with Gasteiger partial charge in [-0.3, -0.25) is 9.48 Å². The molecule has 0 spiro atoms. The second-order valence-electron chi connectivity index (χ2n) is 8.35. The lowest BCUT2D eigenvalue weighted by Gasteiger charge is -2.32. The number of halogens is 3. The Morgan fingerprint density at radius 3 is 2.68 bits per heavy atom. The fraction of sp³-hybridized carbons (Fsp3) is 0.524. The number of fused-ring (bicyclic) bond motifs is 1. The average molecular weight is 435 g/mol. The summed E-state index contributed by atoms with van der Waals surface area (Å²) in [5, 5.41) is 8.00. The van der Waals surface area contributed by atoms with Gasteiger partial charge in [-0.1, -0.05) is 19.0 Å². The number of amides is 1. The van der Waals surface area contributed by atoms with Crippen LogP contribution in [0, 0.1) is 6.92 Å². The predicted molar refractivity (Wildman–Crippen MR) is 107 cm³/mol. The van der Waals surface area contributed by atoms with Gasteiger partial charge >= 0.3 is 6.18 Å². The molecular formula is C21H24F3N5O2. The summed E-state index contributed by atoms with van der Waals surface area (Å²) in [5.41, 5.74) is 0.848. The van der Waals surface area contributed by atoms with Gasteiger partial charge in [0.05, 0.1) is 28.4 Å². The summed E-state index contributed by atoms with van der Waals surface area (Å²) in [6.07, 6.45) is -1.78. The highest BCUT2D eigenvalue weighted by Crippen LogP contribution is 2.40. The topological polar surface area (TPSA) is 77.1 Å². The van der Waals surface area contributed by atoms with E-state index in [1.807, 2.05) is 0 Å². The van der Waals surface area contributed by atoms with Gasteiger partial charge in [0.25, 0.3) is 11.6 Å². The van der Waals surface area contributed by atoms with E-state index in [0.717, 1.165) is 11.8 Å². The normalized spacial score (nSPS) is 17.7. The molecule has 0 N–H and O–H groups in total. The molecule has 1 atom stereocenters. The molecular weight excluding hydrogens is 411 g/mol. The molecule has 0 radical (unpaired) electrons. The van der Waals surface area contributed by atoms with Crippen LogP contribution < -0.4 is 0 Å². The third kappa shape index (κ3) is 3.79. The second kappa shape index (κ2) is 7.65. The maximum Gasteiger partial charge on any atom is 0.417 e. The number of aromatic nitrogens is 4. The van der Waals surface area contributed by atoms with Crippen molar-refractivity contribution in [1.82, 2.24) is 24.8 Å². The number of rotatable bonds is 3. The van der Waals surface area contributed by atoms with Crippen molar-refractivity contribution in [3.05, 3.63) is 40.5 Å². The quantitative estimate of drug-likeness (QED) is 0.608. The van der Waals surface area contributed by atoms with Gasteiger partial charge in [-0.05, 0) is 31.7 Å². The van der Waals surface area contributed by atoms with Gasteiger partial charge in [0.1, 0.15) is 0 Å². The molecule has 1 unspecified atom stereocenters. The highest BCUT2D eigenvalue weighted by atomic mass is 19.4. The number of likely N-dealkylation sites (tertiary alicyclic amines) is 1. The van der Waals surface area contributed by atoms with E-state index >= 15 is 0 Å². The van der Waals surface area contributed by atoms with E-state index in [4.69, 9.17) is 4.52 Å². The van der Waals surface area contributed by atoms with Crippen LogP contribution in [-0.2, 0) is 13.2 Å². The minimum atomic E-state index is -4.57. The molecule has 0 saturated carbocycles. The van der Waals surface area contributed by atoms with E-state index < -0.39 is 11.7 Å². The Morgan fingerprint density at radius 1 is 1.32 bits per heavy atom. The van der Waals surface area contributed by atoms with Crippen LogP contribution in [0.15, 0.2) is 16.8 Å². The summed E-state index contributed by atoms with van der Waals surface area (Å²) >= 11 is 0. The highest BCUT2D eigenvalue weighted by Gasteiger charge is 2.38. The van der Waals surface area contributed by atoms with E-state index in [-0.39, 0.29) is 41.1 Å². The van der Waals surface area contributed by atoms with Crippen molar-refractivity contribution in [2.75, 3.05) is 13.1 Å². The molecule has 0 aliphatic carbocycles. The Bertz CT molecular complexity index is 1130. The maximum atomic E-state index is 13.9. The molecule has 166 valence electrons. The first-order valence-electron chi connectivity index (χ1n) is 10.2. The third-order valence-corrected chi connectivity index (χ3v) is 5.95. The number of nitrogens with zero attached hydrogens (tertiary/aromatic N) is 5. The number of alkyl halides is 3. The van der Waals surface area contributed by atoms with Crippen molar-refractivity contribution in [1.29, 1.82) is 0 Å². The standard InChI is InChI=1S/C21H24F3N5O2/c1-11(2)16-8-15(21(22,23)24)17-18(27-31-19(17)26-16)13-6-5-7-29(10-13)20(30)14-9-25-28(4)12(14)3/h8-9,11,13H,5-7,10H2,1-4H3. The van der Waals surface area contributed by atoms with E-state index in [1.165, 1.54) is 6.20 Å². The lowest BCUT2D eigenvalue weighted by molar-refractivity contribution is -0.136. The van der Waals surface area contributed by atoms with Crippen LogP contribution in [0.5, 0.6) is 0 Å². The zero-order valence-corrected chi connectivity index (χ0v) is 17.8. The van der Waals surface area contributed by atoms with Crippen molar-refractivity contribution in [3.8, 4) is 0 Å². The van der Waals surface area contributed by atoms with E-state index in [2.05, 4.69) is 15.2 Å². The van der Waals surface area contributed by atoms with Gasteiger partial charge in [-0.15, -0.1) is 0 Å². The highest BCUT2D eigenvalue weighted by molar-refractivity contribution is 5.95. The number of hydrogen-bond donors (Lipinski definition) is 0. The predicted octanol–water partition coefficient (Wildman–Crippen LogP) is 4.43. The molecule has 4 rings (SSSR count). The summed E-state index contributed by atoms with van der Waals surface area (Å²) in [7, 11) is 1.75. The molecule has 0 aromatic carbocycles. The van der Waals surface area contributed by atoms with Crippen molar-refractivity contribution < 1.29 is 22.5 Å². The van der Waals surface area contributed by atoms with Gasteiger partial charge in [0.2, 0.25) is 0 Å². The molecule has 1 amide bonds. The number of carbonyl (C=O) groups is 1. The van der Waals surface area contributed by atoms with Crippen molar-refractivity contribution in [2.45, 2.75) is 51.6 Å². The van der Waals surface area contributed by atoms with Crippen molar-refractivity contribution in [3.63, 3.8) is 0 Å². The Kier molecular flexibility index (Phi) is 5.26. The lowest BCUT2D eigenvalue weighted by Crippen LogP contribution is -2.39. The van der Waals surface area contributed by atoms with Gasteiger partial charge in [0.15, 0.2) is 0 Å². The van der Waals surface area contributed by atoms with Gasteiger partial charge in [-0.2, -0.15) is 18.3 Å². The molecule has 3 aromatic heterocycles. The number of aryl methyl sites for hydroxylation is 1. The van der Waals surface area contributed by atoms with Gasteiger partial charge < -0.3 is 9.42 Å². The Hall–Kier alpha value is -2.91. The summed E-state index contributed by atoms with van der Waals surface area (Å²) < 4.78 is 48.5. The molecule has 4 heterocycles. The molecule has 1 aliphatic rings. The summed E-state index contributed by atoms with van der Waals surface area (Å²) in [6, 6.07) is 1.08. The Labute approximate surface area is 177 Å². The number of piperidine rings is 1. The van der Waals surface area contributed by atoms with Crippen LogP contribution in [0.1, 0.15) is 71.5 Å². The molecule has 1 saturated heterocycles. The minimum absolute atomic E-state index is 0.103. The van der Waals surface area contributed by atoms with Crippen LogP contribution in [0.3, 0.4) is 0 Å². The van der Waals surface area contributed by atoms with E-state index in [1.54, 1.807) is 37.4 Å². The monoisotopic (exact) mass is 435 g/mol. The molecule has 0 bridgehead atoms. The third-order valence-electron chi connectivity index (χ3n) is 5.95. The summed E-state index contributed by atoms with van der Waals surface area (Å²) in [5.74, 6) is -0.743. The maximum absolute atomic E-state index is 13.9.